The van der Waals surface area contributed by atoms with Crippen LogP contribution in [-0.2, 0) is 19.5 Å². The van der Waals surface area contributed by atoms with E-state index in [4.69, 9.17) is 0 Å². The van der Waals surface area contributed by atoms with Crippen LogP contribution in [0.3, 0.4) is 0 Å². The minimum atomic E-state index is 0. The number of rotatable bonds is 0. The van der Waals surface area contributed by atoms with E-state index in [0.717, 1.165) is 0 Å². The van der Waals surface area contributed by atoms with Crippen molar-refractivity contribution in [1.82, 2.24) is 0 Å². The van der Waals surface area contributed by atoms with Crippen LogP contribution in [0.5, 0.6) is 0 Å². The van der Waals surface area contributed by atoms with Gasteiger partial charge in [-0.1, -0.05) is 0 Å². The monoisotopic (exact) mass is 219 g/mol. The molecule has 0 aromatic rings. The summed E-state index contributed by atoms with van der Waals surface area (Å²) in [5, 5.41) is 0. The Kier molecular flexibility index (Phi) is 19.9. The Morgan fingerprint density at radius 1 is 1.75 bits per heavy atom. The molecular formula is C2H4IZn-. The molecule has 0 rings (SSSR count). The molecule has 2 heteroatoms. The zero-order valence-corrected chi connectivity index (χ0v) is 7.79. The van der Waals surface area contributed by atoms with Gasteiger partial charge in [0.05, 0.1) is 0 Å². The quantitative estimate of drug-likeness (QED) is 0.330. The molecule has 0 N–H and O–H groups in total. The Hall–Kier alpha value is 1.35. The smallest absolute Gasteiger partial charge is 0 e. The van der Waals surface area contributed by atoms with Gasteiger partial charge in [0.15, 0.2) is 0 Å². The summed E-state index contributed by atoms with van der Waals surface area (Å²) in [6, 6.07) is 0. The summed E-state index contributed by atoms with van der Waals surface area (Å²) in [5.74, 6) is 0. The summed E-state index contributed by atoms with van der Waals surface area (Å²) in [7, 11) is 0. The van der Waals surface area contributed by atoms with Gasteiger partial charge >= 0.3 is 0 Å². The molecule has 0 aliphatic rings. The van der Waals surface area contributed by atoms with Crippen LogP contribution in [0, 0.1) is 4.43 Å². The van der Waals surface area contributed by atoms with Crippen LogP contribution in [-0.4, -0.2) is 0 Å². The Labute approximate surface area is 53.2 Å². The van der Waals surface area contributed by atoms with E-state index in [2.05, 4.69) is 22.6 Å². The van der Waals surface area contributed by atoms with E-state index < -0.39 is 0 Å². The average Bonchev–Trinajstić information content (AvgIpc) is 0.918. The zero-order chi connectivity index (χ0) is 2.71. The molecule has 0 unspecified atom stereocenters. The van der Waals surface area contributed by atoms with E-state index in [0.29, 0.717) is 0 Å². The van der Waals surface area contributed by atoms with Gasteiger partial charge in [-0.05, 0) is 0 Å². The van der Waals surface area contributed by atoms with Gasteiger partial charge in [0, 0.05) is 19.5 Å². The van der Waals surface area contributed by atoms with E-state index >= 15 is 0 Å². The topological polar surface area (TPSA) is 0 Å². The van der Waals surface area contributed by atoms with Gasteiger partial charge in [0.25, 0.3) is 0 Å². The van der Waals surface area contributed by atoms with Crippen molar-refractivity contribution in [1.29, 1.82) is 0 Å². The molecule has 0 aromatic heterocycles. The van der Waals surface area contributed by atoms with Crippen molar-refractivity contribution in [2.45, 2.75) is 6.92 Å². The SMILES string of the molecule is C[CH-]I.[Zn]. The average molecular weight is 220 g/mol. The molecule has 0 heterocycles. The van der Waals surface area contributed by atoms with Gasteiger partial charge in [-0.15, -0.1) is 0 Å². The Morgan fingerprint density at radius 2 is 1.75 bits per heavy atom. The van der Waals surface area contributed by atoms with E-state index in [1.54, 1.807) is 0 Å². The molecule has 0 nitrogen and oxygen atoms in total. The molecule has 0 aromatic carbocycles. The maximum absolute atomic E-state index is 2.16. The molecule has 0 aliphatic heterocycles. The fourth-order valence-corrected chi connectivity index (χ4v) is 0. The van der Waals surface area contributed by atoms with Crippen molar-refractivity contribution < 1.29 is 19.5 Å². The third kappa shape index (κ3) is 10.1. The molecule has 4 heavy (non-hydrogen) atoms. The first kappa shape index (κ1) is 9.02. The molecule has 0 radical (unpaired) electrons. The van der Waals surface area contributed by atoms with Crippen molar-refractivity contribution >= 4 is 22.6 Å². The molecule has 0 atom stereocenters. The molecule has 0 aliphatic carbocycles. The van der Waals surface area contributed by atoms with Crippen LogP contribution in [0.4, 0.5) is 0 Å². The normalized spacial score (nSPS) is 4.50. The van der Waals surface area contributed by atoms with Crippen LogP contribution in [0.1, 0.15) is 6.92 Å². The van der Waals surface area contributed by atoms with Crippen molar-refractivity contribution in [2.24, 2.45) is 0 Å². The van der Waals surface area contributed by atoms with Gasteiger partial charge in [-0.25, -0.2) is 0 Å². The Balaban J connectivity index is 0. The van der Waals surface area contributed by atoms with Crippen molar-refractivity contribution in [3.63, 3.8) is 0 Å². The fourth-order valence-electron chi connectivity index (χ4n) is 0. The third-order valence-electron chi connectivity index (χ3n) is 0. The third-order valence-corrected chi connectivity index (χ3v) is 0. The van der Waals surface area contributed by atoms with E-state index in [1.807, 2.05) is 11.4 Å². The predicted octanol–water partition coefficient (Wildman–Crippen LogP) is 1.60. The van der Waals surface area contributed by atoms with E-state index in [1.165, 1.54) is 0 Å². The second-order valence-corrected chi connectivity index (χ2v) is 1.46. The molecule has 0 bridgehead atoms. The summed E-state index contributed by atoms with van der Waals surface area (Å²) in [6.07, 6.45) is 0. The first-order valence-electron chi connectivity index (χ1n) is 0.796. The summed E-state index contributed by atoms with van der Waals surface area (Å²) in [6.45, 7) is 1.99. The largest absolute Gasteiger partial charge is 0.316 e. The molecule has 0 amide bonds. The van der Waals surface area contributed by atoms with E-state index in [9.17, 15) is 0 Å². The number of hydrogen-bond donors (Lipinski definition) is 0. The summed E-state index contributed by atoms with van der Waals surface area (Å²) < 4.78 is 1.97. The fraction of sp³-hybridized carbons (Fsp3) is 0.500. The van der Waals surface area contributed by atoms with Crippen molar-refractivity contribution in [3.8, 4) is 0 Å². The Bertz CT molecular complexity index is 6.00. The Morgan fingerprint density at radius 3 is 1.75 bits per heavy atom. The molecule has 0 saturated heterocycles. The van der Waals surface area contributed by atoms with Gasteiger partial charge in [0.1, 0.15) is 0 Å². The molecule has 0 fully saturated rings. The second kappa shape index (κ2) is 8.84. The molecule has 22 valence electrons. The first-order valence-corrected chi connectivity index (χ1v) is 2.04. The summed E-state index contributed by atoms with van der Waals surface area (Å²) in [5.41, 5.74) is 0. The maximum atomic E-state index is 2.16. The van der Waals surface area contributed by atoms with Crippen LogP contribution >= 0.6 is 22.6 Å². The summed E-state index contributed by atoms with van der Waals surface area (Å²) >= 11 is 2.16. The number of hydrogen-bond acceptors (Lipinski definition) is 0. The molecule has 0 spiro atoms. The molecular weight excluding hydrogens is 216 g/mol. The van der Waals surface area contributed by atoms with Crippen LogP contribution < -0.4 is 0 Å². The number of halogens is 1. The standard InChI is InChI=1S/C2H4I.Zn/c1-2-3;/h2H,1H3;/q-1;. The van der Waals surface area contributed by atoms with Gasteiger partial charge in [-0.3, -0.25) is 4.43 Å². The van der Waals surface area contributed by atoms with E-state index in [-0.39, 0.29) is 19.5 Å². The predicted molar refractivity (Wildman–Crippen MR) is 24.0 cm³/mol. The van der Waals surface area contributed by atoms with Crippen molar-refractivity contribution in [2.75, 3.05) is 0 Å². The first-order chi connectivity index (χ1) is 1.41. The van der Waals surface area contributed by atoms with Crippen LogP contribution in [0.15, 0.2) is 0 Å². The van der Waals surface area contributed by atoms with Gasteiger partial charge in [0.2, 0.25) is 0 Å². The van der Waals surface area contributed by atoms with Gasteiger partial charge in [-0.2, -0.15) is 6.92 Å². The minimum Gasteiger partial charge on any atom is -0.316 e. The minimum absolute atomic E-state index is 0. The summed E-state index contributed by atoms with van der Waals surface area (Å²) in [4.78, 5) is 0. The van der Waals surface area contributed by atoms with Crippen molar-refractivity contribution in [3.05, 3.63) is 4.43 Å². The maximum Gasteiger partial charge on any atom is 0 e. The van der Waals surface area contributed by atoms with Crippen LogP contribution in [0.2, 0.25) is 0 Å². The molecule has 0 saturated carbocycles. The second-order valence-electron chi connectivity index (χ2n) is 0.218. The van der Waals surface area contributed by atoms with Gasteiger partial charge < -0.3 is 22.6 Å². The zero-order valence-electron chi connectivity index (χ0n) is 2.66. The van der Waals surface area contributed by atoms with Crippen LogP contribution in [0.25, 0.3) is 0 Å².